The highest BCUT2D eigenvalue weighted by Crippen LogP contribution is 2.27. The summed E-state index contributed by atoms with van der Waals surface area (Å²) in [7, 11) is 0. The molecule has 0 spiro atoms. The molecule has 0 bridgehead atoms. The van der Waals surface area contributed by atoms with Crippen molar-refractivity contribution in [2.75, 3.05) is 16.9 Å². The number of nitrogens with zero attached hydrogens (tertiary/aromatic N) is 2. The molecule has 3 rings (SSSR count). The molecule has 2 aromatic rings. The van der Waals surface area contributed by atoms with Crippen LogP contribution in [0.25, 0.3) is 0 Å². The van der Waals surface area contributed by atoms with Gasteiger partial charge in [0, 0.05) is 27.0 Å². The van der Waals surface area contributed by atoms with Gasteiger partial charge in [-0.25, -0.2) is 0 Å². The lowest BCUT2D eigenvalue weighted by atomic mass is 10.1. The van der Waals surface area contributed by atoms with Gasteiger partial charge in [-0.05, 0) is 42.5 Å². The van der Waals surface area contributed by atoms with Crippen molar-refractivity contribution in [1.82, 2.24) is 4.90 Å². The Bertz CT molecular complexity index is 876. The number of hydrogen-bond acceptors (Lipinski definition) is 4. The van der Waals surface area contributed by atoms with Crippen LogP contribution in [0, 0.1) is 11.3 Å². The molecule has 0 saturated carbocycles. The normalized spacial score (nSPS) is 16.2. The smallest absolute Gasteiger partial charge is 0.255 e. The molecular weight excluding hydrogens is 393 g/mol. The lowest BCUT2D eigenvalue weighted by molar-refractivity contribution is -0.119. The molecular formula is C18H13Cl2N3O2S. The molecule has 132 valence electrons. The van der Waals surface area contributed by atoms with E-state index in [1.54, 1.807) is 30.3 Å². The van der Waals surface area contributed by atoms with Crippen molar-refractivity contribution in [1.29, 1.82) is 5.26 Å². The van der Waals surface area contributed by atoms with Gasteiger partial charge in [-0.15, -0.1) is 11.8 Å². The summed E-state index contributed by atoms with van der Waals surface area (Å²) in [5, 5.41) is 12.3. The number of anilines is 1. The van der Waals surface area contributed by atoms with E-state index in [4.69, 9.17) is 28.5 Å². The predicted molar refractivity (Wildman–Crippen MR) is 104 cm³/mol. The molecule has 5 nitrogen and oxygen atoms in total. The molecule has 1 heterocycles. The van der Waals surface area contributed by atoms with E-state index in [1.165, 1.54) is 28.8 Å². The molecule has 1 atom stereocenters. The van der Waals surface area contributed by atoms with Crippen molar-refractivity contribution < 1.29 is 9.59 Å². The minimum atomic E-state index is -0.596. The summed E-state index contributed by atoms with van der Waals surface area (Å²) in [4.78, 5) is 26.9. The zero-order chi connectivity index (χ0) is 18.7. The molecule has 1 N–H and O–H groups in total. The molecule has 1 aliphatic rings. The second-order valence-electron chi connectivity index (χ2n) is 5.63. The second-order valence-corrected chi connectivity index (χ2v) is 7.50. The maximum Gasteiger partial charge on any atom is 0.255 e. The highest BCUT2D eigenvalue weighted by atomic mass is 35.5. The first-order valence-electron chi connectivity index (χ1n) is 7.64. The third-order valence-electron chi connectivity index (χ3n) is 3.84. The summed E-state index contributed by atoms with van der Waals surface area (Å²) >= 11 is 13.4. The Kier molecular flexibility index (Phi) is 5.72. The summed E-state index contributed by atoms with van der Waals surface area (Å²) in [5.74, 6) is 0.344. The minimum absolute atomic E-state index is 0.277. The molecule has 1 saturated heterocycles. The Morgan fingerprint density at radius 1 is 1.15 bits per heavy atom. The van der Waals surface area contributed by atoms with Crippen LogP contribution in [0.4, 0.5) is 5.69 Å². The van der Waals surface area contributed by atoms with Crippen molar-refractivity contribution >= 4 is 52.5 Å². The predicted octanol–water partition coefficient (Wildman–Crippen LogP) is 4.02. The van der Waals surface area contributed by atoms with Gasteiger partial charge in [0.25, 0.3) is 5.91 Å². The number of nitriles is 1. The van der Waals surface area contributed by atoms with Crippen LogP contribution in [-0.2, 0) is 4.79 Å². The number of nitrogens with one attached hydrogen (secondary N) is 1. The maximum absolute atomic E-state index is 12.8. The van der Waals surface area contributed by atoms with Crippen LogP contribution in [-0.4, -0.2) is 34.4 Å². The van der Waals surface area contributed by atoms with Crippen LogP contribution in [0.15, 0.2) is 42.5 Å². The molecule has 2 amide bonds. The molecule has 0 aliphatic carbocycles. The summed E-state index contributed by atoms with van der Waals surface area (Å²) in [6.07, 6.45) is 0. The molecule has 0 aromatic heterocycles. The zero-order valence-electron chi connectivity index (χ0n) is 13.4. The SMILES string of the molecule is N#Cc1ccc(NC(=O)C2CSCN2C(=O)c2cc(Cl)cc(Cl)c2)cc1. The fourth-order valence-corrected chi connectivity index (χ4v) is 4.24. The molecule has 8 heteroatoms. The van der Waals surface area contributed by atoms with Gasteiger partial charge < -0.3 is 10.2 Å². The third kappa shape index (κ3) is 4.13. The summed E-state index contributed by atoms with van der Waals surface area (Å²) < 4.78 is 0. The van der Waals surface area contributed by atoms with Gasteiger partial charge in [0.15, 0.2) is 0 Å². The van der Waals surface area contributed by atoms with E-state index in [1.807, 2.05) is 6.07 Å². The van der Waals surface area contributed by atoms with Crippen molar-refractivity contribution in [2.45, 2.75) is 6.04 Å². The minimum Gasteiger partial charge on any atom is -0.324 e. The van der Waals surface area contributed by atoms with Gasteiger partial charge in [0.2, 0.25) is 5.91 Å². The van der Waals surface area contributed by atoms with Crippen LogP contribution < -0.4 is 5.32 Å². The van der Waals surface area contributed by atoms with E-state index in [2.05, 4.69) is 5.32 Å². The van der Waals surface area contributed by atoms with Crippen LogP contribution in [0.5, 0.6) is 0 Å². The van der Waals surface area contributed by atoms with E-state index < -0.39 is 6.04 Å². The Morgan fingerprint density at radius 3 is 2.42 bits per heavy atom. The largest absolute Gasteiger partial charge is 0.324 e. The van der Waals surface area contributed by atoms with Gasteiger partial charge in [0.1, 0.15) is 6.04 Å². The topological polar surface area (TPSA) is 73.2 Å². The lowest BCUT2D eigenvalue weighted by Gasteiger charge is -2.23. The standard InChI is InChI=1S/C18H13Cl2N3O2S/c19-13-5-12(6-14(20)7-13)18(25)23-10-26-9-16(23)17(24)22-15-3-1-11(8-21)2-4-15/h1-7,16H,9-10H2,(H,22,24). The molecule has 26 heavy (non-hydrogen) atoms. The number of thioether (sulfide) groups is 1. The van der Waals surface area contributed by atoms with Gasteiger partial charge in [-0.3, -0.25) is 9.59 Å². The number of benzene rings is 2. The number of rotatable bonds is 3. The van der Waals surface area contributed by atoms with E-state index >= 15 is 0 Å². The Labute approximate surface area is 164 Å². The van der Waals surface area contributed by atoms with Gasteiger partial charge >= 0.3 is 0 Å². The number of carbonyl (C=O) groups is 2. The van der Waals surface area contributed by atoms with Crippen molar-refractivity contribution in [3.63, 3.8) is 0 Å². The Hall–Kier alpha value is -2.20. The van der Waals surface area contributed by atoms with Gasteiger partial charge in [-0.2, -0.15) is 5.26 Å². The highest BCUT2D eigenvalue weighted by Gasteiger charge is 2.35. The summed E-state index contributed by atoms with van der Waals surface area (Å²) in [6, 6.07) is 12.6. The number of amides is 2. The van der Waals surface area contributed by atoms with Crippen LogP contribution >= 0.6 is 35.0 Å². The molecule has 1 aliphatic heterocycles. The maximum atomic E-state index is 12.8. The lowest BCUT2D eigenvalue weighted by Crippen LogP contribution is -2.44. The fourth-order valence-electron chi connectivity index (χ4n) is 2.56. The Morgan fingerprint density at radius 2 is 1.81 bits per heavy atom. The van der Waals surface area contributed by atoms with Crippen molar-refractivity contribution in [2.24, 2.45) is 0 Å². The van der Waals surface area contributed by atoms with Gasteiger partial charge in [0.05, 0.1) is 17.5 Å². The second kappa shape index (κ2) is 8.00. The number of halogens is 2. The summed E-state index contributed by atoms with van der Waals surface area (Å²) in [6.45, 7) is 0. The van der Waals surface area contributed by atoms with Crippen molar-refractivity contribution in [3.8, 4) is 6.07 Å². The monoisotopic (exact) mass is 405 g/mol. The molecule has 1 unspecified atom stereocenters. The highest BCUT2D eigenvalue weighted by molar-refractivity contribution is 7.99. The number of carbonyl (C=O) groups excluding carboxylic acids is 2. The molecule has 0 radical (unpaired) electrons. The van der Waals surface area contributed by atoms with E-state index in [9.17, 15) is 9.59 Å². The first-order valence-corrected chi connectivity index (χ1v) is 9.55. The third-order valence-corrected chi connectivity index (χ3v) is 5.29. The van der Waals surface area contributed by atoms with Crippen molar-refractivity contribution in [3.05, 3.63) is 63.6 Å². The van der Waals surface area contributed by atoms with Crippen LogP contribution in [0.1, 0.15) is 15.9 Å². The van der Waals surface area contributed by atoms with Crippen LogP contribution in [0.2, 0.25) is 10.0 Å². The van der Waals surface area contributed by atoms with E-state index in [-0.39, 0.29) is 11.8 Å². The molecule has 2 aromatic carbocycles. The Balaban J connectivity index is 1.75. The first-order chi connectivity index (χ1) is 12.5. The average molecular weight is 406 g/mol. The van der Waals surface area contributed by atoms with E-state index in [0.717, 1.165) is 0 Å². The average Bonchev–Trinajstić information content (AvgIpc) is 3.10. The fraction of sp³-hybridized carbons (Fsp3) is 0.167. The van der Waals surface area contributed by atoms with Crippen LogP contribution in [0.3, 0.4) is 0 Å². The summed E-state index contributed by atoms with van der Waals surface area (Å²) in [5.41, 5.74) is 1.43. The van der Waals surface area contributed by atoms with Gasteiger partial charge in [-0.1, -0.05) is 23.2 Å². The number of hydrogen-bond donors (Lipinski definition) is 1. The first kappa shape index (κ1) is 18.6. The van der Waals surface area contributed by atoms with E-state index in [0.29, 0.717) is 38.5 Å². The zero-order valence-corrected chi connectivity index (χ0v) is 15.7. The molecule has 1 fully saturated rings. The quantitative estimate of drug-likeness (QED) is 0.836.